The minimum atomic E-state index is -2.41. The van der Waals surface area contributed by atoms with Crippen LogP contribution < -0.4 is 10.9 Å². The molecule has 1 saturated heterocycles. The number of nitriles is 1. The highest BCUT2D eigenvalue weighted by Gasteiger charge is 2.53. The minimum absolute atomic E-state index is 0.0339. The maximum atomic E-state index is 13.0. The summed E-state index contributed by atoms with van der Waals surface area (Å²) in [5, 5.41) is 11.8. The van der Waals surface area contributed by atoms with Gasteiger partial charge in [-0.25, -0.2) is 9.65 Å². The van der Waals surface area contributed by atoms with Crippen LogP contribution in [0.5, 0.6) is 0 Å². The average Bonchev–Trinajstić information content (AvgIpc) is 3.48. The fraction of sp³-hybridized carbons (Fsp3) is 0.767. The molecule has 0 radical (unpaired) electrons. The molecule has 0 aliphatic carbocycles. The van der Waals surface area contributed by atoms with Crippen molar-refractivity contribution < 1.29 is 23.0 Å². The number of aromatic amines is 1. The summed E-state index contributed by atoms with van der Waals surface area (Å²) >= 11 is 0. The number of anilines is 1. The van der Waals surface area contributed by atoms with Crippen molar-refractivity contribution in [1.82, 2.24) is 24.2 Å². The van der Waals surface area contributed by atoms with E-state index in [0.717, 1.165) is 0 Å². The van der Waals surface area contributed by atoms with Crippen LogP contribution in [0.2, 0.25) is 18.1 Å². The Morgan fingerprint density at radius 3 is 2.40 bits per heavy atom. The fourth-order valence-electron chi connectivity index (χ4n) is 4.86. The molecular formula is C30H52N7O6PSi. The third-order valence-corrected chi connectivity index (χ3v) is 14.9. The van der Waals surface area contributed by atoms with Gasteiger partial charge >= 0.3 is 0 Å². The van der Waals surface area contributed by atoms with Crippen LogP contribution in [0, 0.1) is 17.2 Å². The predicted molar refractivity (Wildman–Crippen MR) is 178 cm³/mol. The molecule has 0 aromatic carbocycles. The number of hydrogen-bond donors (Lipinski definition) is 2. The SMILES string of the molecule is CC[C@H]1O[C@@H](n2cnc3c(=O)[nH]c(NC(=O)C(C)C)nc32)[C@H](O[Si](C)(C)C(C)(C)C)[C@@H]1OP(OCCC#N)N(C(C)C)C(C)C. The average molecular weight is 666 g/mol. The fourth-order valence-corrected chi connectivity index (χ4v) is 7.91. The molecule has 3 rings (SSSR count). The van der Waals surface area contributed by atoms with E-state index in [-0.39, 0.29) is 65.2 Å². The van der Waals surface area contributed by atoms with Crippen molar-refractivity contribution in [1.29, 1.82) is 5.26 Å². The second-order valence-corrected chi connectivity index (χ2v) is 20.0. The third kappa shape index (κ3) is 8.57. The van der Waals surface area contributed by atoms with Crippen LogP contribution in [0.3, 0.4) is 0 Å². The Hall–Kier alpha value is -2.24. The summed E-state index contributed by atoms with van der Waals surface area (Å²) in [5.41, 5.74) is -0.0883. The zero-order chi connectivity index (χ0) is 33.9. The van der Waals surface area contributed by atoms with Gasteiger partial charge in [0, 0.05) is 18.0 Å². The van der Waals surface area contributed by atoms with E-state index in [1.54, 1.807) is 18.4 Å². The largest absolute Gasteiger partial charge is 0.407 e. The Morgan fingerprint density at radius 1 is 1.22 bits per heavy atom. The van der Waals surface area contributed by atoms with E-state index >= 15 is 0 Å². The zero-order valence-corrected chi connectivity index (χ0v) is 30.8. The van der Waals surface area contributed by atoms with Gasteiger partial charge in [-0.05, 0) is 52.2 Å². The Bertz CT molecular complexity index is 1390. The van der Waals surface area contributed by atoms with Gasteiger partial charge in [0.1, 0.15) is 12.2 Å². The number of ether oxygens (including phenoxy) is 1. The van der Waals surface area contributed by atoms with E-state index in [4.69, 9.17) is 18.2 Å². The van der Waals surface area contributed by atoms with Gasteiger partial charge in [-0.3, -0.25) is 24.5 Å². The molecule has 13 nitrogen and oxygen atoms in total. The van der Waals surface area contributed by atoms with Gasteiger partial charge in [-0.15, -0.1) is 0 Å². The number of amides is 1. The molecule has 0 bridgehead atoms. The number of carbonyl (C=O) groups is 1. The van der Waals surface area contributed by atoms with Crippen LogP contribution in [0.4, 0.5) is 5.95 Å². The van der Waals surface area contributed by atoms with Crippen molar-refractivity contribution in [2.75, 3.05) is 11.9 Å². The molecule has 1 amide bonds. The molecule has 0 spiro atoms. The van der Waals surface area contributed by atoms with Gasteiger partial charge in [0.25, 0.3) is 14.1 Å². The first kappa shape index (κ1) is 37.2. The van der Waals surface area contributed by atoms with Crippen molar-refractivity contribution in [3.05, 3.63) is 16.7 Å². The number of hydrogen-bond acceptors (Lipinski definition) is 10. The molecule has 45 heavy (non-hydrogen) atoms. The molecule has 1 fully saturated rings. The van der Waals surface area contributed by atoms with Crippen LogP contribution in [0.25, 0.3) is 11.2 Å². The number of carbonyl (C=O) groups excluding carboxylic acids is 1. The third-order valence-electron chi connectivity index (χ3n) is 8.27. The molecule has 2 N–H and O–H groups in total. The molecule has 252 valence electrons. The summed E-state index contributed by atoms with van der Waals surface area (Å²) in [6, 6.07) is 2.39. The summed E-state index contributed by atoms with van der Waals surface area (Å²) in [4.78, 5) is 37.0. The Labute approximate surface area is 269 Å². The summed E-state index contributed by atoms with van der Waals surface area (Å²) in [6.07, 6.45) is 0.146. The zero-order valence-electron chi connectivity index (χ0n) is 28.9. The highest BCUT2D eigenvalue weighted by atomic mass is 31.2. The van der Waals surface area contributed by atoms with E-state index in [1.165, 1.54) is 6.33 Å². The van der Waals surface area contributed by atoms with Gasteiger partial charge < -0.3 is 18.2 Å². The van der Waals surface area contributed by atoms with E-state index < -0.39 is 40.8 Å². The molecule has 5 atom stereocenters. The highest BCUT2D eigenvalue weighted by Crippen LogP contribution is 2.52. The van der Waals surface area contributed by atoms with E-state index in [1.807, 2.05) is 6.92 Å². The molecular weight excluding hydrogens is 613 g/mol. The summed E-state index contributed by atoms with van der Waals surface area (Å²) in [7, 11) is -4.01. The van der Waals surface area contributed by atoms with Gasteiger partial charge in [0.05, 0.1) is 31.5 Å². The number of fused-ring (bicyclic) bond motifs is 1. The Morgan fingerprint density at radius 2 is 1.87 bits per heavy atom. The number of nitrogens with one attached hydrogen (secondary N) is 2. The smallest absolute Gasteiger partial charge is 0.280 e. The quantitative estimate of drug-likeness (QED) is 0.138. The second kappa shape index (κ2) is 15.1. The Kier molecular flexibility index (Phi) is 12.5. The van der Waals surface area contributed by atoms with Crippen molar-refractivity contribution in [2.45, 2.75) is 137 Å². The molecule has 1 aliphatic rings. The molecule has 15 heteroatoms. The number of rotatable bonds is 14. The van der Waals surface area contributed by atoms with Crippen molar-refractivity contribution in [3.8, 4) is 6.07 Å². The van der Waals surface area contributed by atoms with Gasteiger partial charge in [-0.1, -0.05) is 41.5 Å². The first-order valence-corrected chi connectivity index (χ1v) is 19.8. The van der Waals surface area contributed by atoms with Crippen LogP contribution in [-0.4, -0.2) is 75.4 Å². The van der Waals surface area contributed by atoms with Crippen molar-refractivity contribution in [2.24, 2.45) is 5.92 Å². The standard InChI is InChI=1S/C30H52N7O6PSi/c1-13-21-23(42-44(40-16-14-15-31)37(19(4)5)20(6)7)24(43-45(11,12)30(8,9)10)28(41-21)36-17-32-22-25(36)33-29(35-27(22)39)34-26(38)18(2)3/h17-21,23-24,28H,13-14,16H2,1-12H3,(H2,33,34,35,38,39)/t21-,23-,24-,28-,44?/m1/s1. The summed E-state index contributed by atoms with van der Waals surface area (Å²) in [5.74, 6) is -0.545. The molecule has 1 unspecified atom stereocenters. The number of imidazole rings is 1. The van der Waals surface area contributed by atoms with Gasteiger partial charge in [-0.2, -0.15) is 10.2 Å². The summed E-state index contributed by atoms with van der Waals surface area (Å²) in [6.45, 7) is 25.0. The first-order chi connectivity index (χ1) is 20.9. The highest BCUT2D eigenvalue weighted by molar-refractivity contribution is 7.44. The van der Waals surface area contributed by atoms with Crippen molar-refractivity contribution >= 4 is 39.9 Å². The van der Waals surface area contributed by atoms with Gasteiger partial charge in [0.2, 0.25) is 11.9 Å². The topological polar surface area (TPSA) is 157 Å². The molecule has 0 saturated carbocycles. The summed E-state index contributed by atoms with van der Waals surface area (Å²) < 4.78 is 30.9. The van der Waals surface area contributed by atoms with E-state index in [2.05, 4.69) is 92.6 Å². The lowest BCUT2D eigenvalue weighted by atomic mass is 10.1. The lowest BCUT2D eigenvalue weighted by Crippen LogP contribution is -2.49. The van der Waals surface area contributed by atoms with Crippen molar-refractivity contribution in [3.63, 3.8) is 0 Å². The van der Waals surface area contributed by atoms with Gasteiger partial charge in [0.15, 0.2) is 25.7 Å². The van der Waals surface area contributed by atoms with Crippen LogP contribution in [-0.2, 0) is 23.0 Å². The molecule has 2 aromatic heterocycles. The van der Waals surface area contributed by atoms with Crippen LogP contribution in [0.15, 0.2) is 11.1 Å². The van der Waals surface area contributed by atoms with Crippen LogP contribution in [0.1, 0.15) is 88.3 Å². The Balaban J connectivity index is 2.15. The molecule has 2 aromatic rings. The molecule has 1 aliphatic heterocycles. The first-order valence-electron chi connectivity index (χ1n) is 15.8. The maximum Gasteiger partial charge on any atom is 0.280 e. The normalized spacial score (nSPS) is 21.8. The minimum Gasteiger partial charge on any atom is -0.407 e. The van der Waals surface area contributed by atoms with Crippen LogP contribution >= 0.6 is 8.53 Å². The maximum absolute atomic E-state index is 13.0. The predicted octanol–water partition coefficient (Wildman–Crippen LogP) is 6.07. The van der Waals surface area contributed by atoms with E-state index in [9.17, 15) is 14.9 Å². The van der Waals surface area contributed by atoms with E-state index in [0.29, 0.717) is 6.42 Å². The number of nitrogens with zero attached hydrogens (tertiary/aromatic N) is 5. The number of aromatic nitrogens is 4. The lowest BCUT2D eigenvalue weighted by molar-refractivity contribution is -0.118. The lowest BCUT2D eigenvalue weighted by Gasteiger charge is -2.42. The number of H-pyrrole nitrogens is 1. The molecule has 3 heterocycles. The second-order valence-electron chi connectivity index (χ2n) is 13.8. The monoisotopic (exact) mass is 665 g/mol.